The first kappa shape index (κ1) is 14.2. The molecule has 17 heavy (non-hydrogen) atoms. The Morgan fingerprint density at radius 1 is 1.24 bits per heavy atom. The van der Waals surface area contributed by atoms with Gasteiger partial charge in [0.25, 0.3) is 0 Å². The van der Waals surface area contributed by atoms with Gasteiger partial charge in [0.05, 0.1) is 0 Å². The van der Waals surface area contributed by atoms with Crippen LogP contribution in [0.15, 0.2) is 30.3 Å². The molecular weight excluding hydrogens is 208 g/mol. The first-order chi connectivity index (χ1) is 8.01. The molecule has 0 aromatic heterocycles. The van der Waals surface area contributed by atoms with E-state index in [1.54, 1.807) is 0 Å². The lowest BCUT2D eigenvalue weighted by Gasteiger charge is -2.37. The van der Waals surface area contributed by atoms with Crippen molar-refractivity contribution in [2.45, 2.75) is 38.8 Å². The lowest BCUT2D eigenvalue weighted by molar-refractivity contribution is 0.137. The van der Waals surface area contributed by atoms with E-state index < -0.39 is 0 Å². The summed E-state index contributed by atoms with van der Waals surface area (Å²) in [6.45, 7) is 7.87. The number of benzene rings is 1. The maximum atomic E-state index is 3.40. The molecule has 0 heterocycles. The van der Waals surface area contributed by atoms with Crippen molar-refractivity contribution in [3.8, 4) is 0 Å². The molecule has 96 valence electrons. The highest BCUT2D eigenvalue weighted by molar-refractivity contribution is 5.19. The summed E-state index contributed by atoms with van der Waals surface area (Å²) in [7, 11) is 4.24. The lowest BCUT2D eigenvalue weighted by atomic mass is 9.98. The average molecular weight is 234 g/mol. The average Bonchev–Trinajstić information content (AvgIpc) is 2.36. The maximum absolute atomic E-state index is 3.40. The first-order valence-electron chi connectivity index (χ1n) is 6.44. The molecular formula is C15H26N2. The highest BCUT2D eigenvalue weighted by Gasteiger charge is 2.23. The molecule has 1 unspecified atom stereocenters. The van der Waals surface area contributed by atoms with Crippen LogP contribution in [0.4, 0.5) is 0 Å². The number of nitrogens with one attached hydrogen (secondary N) is 1. The fourth-order valence-electron chi connectivity index (χ4n) is 1.84. The molecule has 0 fully saturated rings. The molecule has 0 aliphatic carbocycles. The molecule has 0 saturated heterocycles. The molecule has 2 heteroatoms. The van der Waals surface area contributed by atoms with Crippen molar-refractivity contribution in [2.24, 2.45) is 0 Å². The fourth-order valence-corrected chi connectivity index (χ4v) is 1.84. The van der Waals surface area contributed by atoms with E-state index in [0.29, 0.717) is 6.04 Å². The summed E-state index contributed by atoms with van der Waals surface area (Å²) < 4.78 is 0. The predicted octanol–water partition coefficient (Wildman–Crippen LogP) is 3.07. The van der Waals surface area contributed by atoms with Crippen LogP contribution in [0.3, 0.4) is 0 Å². The molecule has 1 aromatic carbocycles. The van der Waals surface area contributed by atoms with E-state index in [-0.39, 0.29) is 5.54 Å². The SMILES string of the molecule is CCC(C)(C)N(C)CC(NC)c1ccccc1. The second-order valence-electron chi connectivity index (χ2n) is 5.30. The largest absolute Gasteiger partial charge is 0.312 e. The second-order valence-corrected chi connectivity index (χ2v) is 5.30. The molecule has 0 amide bonds. The summed E-state index contributed by atoms with van der Waals surface area (Å²) in [5.41, 5.74) is 1.61. The quantitative estimate of drug-likeness (QED) is 0.814. The van der Waals surface area contributed by atoms with Crippen LogP contribution in [-0.2, 0) is 0 Å². The minimum absolute atomic E-state index is 0.254. The van der Waals surface area contributed by atoms with Crippen molar-refractivity contribution < 1.29 is 0 Å². The van der Waals surface area contributed by atoms with E-state index in [9.17, 15) is 0 Å². The molecule has 1 N–H and O–H groups in total. The van der Waals surface area contributed by atoms with Gasteiger partial charge in [0.2, 0.25) is 0 Å². The standard InChI is InChI=1S/C15H26N2/c1-6-15(2,3)17(5)12-14(16-4)13-10-8-7-9-11-13/h7-11,14,16H,6,12H2,1-5H3. The first-order valence-corrected chi connectivity index (χ1v) is 6.44. The highest BCUT2D eigenvalue weighted by atomic mass is 15.2. The van der Waals surface area contributed by atoms with E-state index in [1.165, 1.54) is 5.56 Å². The maximum Gasteiger partial charge on any atom is 0.0446 e. The van der Waals surface area contributed by atoms with Crippen molar-refractivity contribution in [3.63, 3.8) is 0 Å². The molecule has 0 aliphatic rings. The zero-order chi connectivity index (χ0) is 12.9. The van der Waals surface area contributed by atoms with E-state index in [1.807, 2.05) is 7.05 Å². The Kier molecular flexibility index (Phi) is 5.16. The Hall–Kier alpha value is -0.860. The topological polar surface area (TPSA) is 15.3 Å². The van der Waals surface area contributed by atoms with Gasteiger partial charge in [0.1, 0.15) is 0 Å². The van der Waals surface area contributed by atoms with Crippen LogP contribution >= 0.6 is 0 Å². The van der Waals surface area contributed by atoms with Gasteiger partial charge in [0.15, 0.2) is 0 Å². The van der Waals surface area contributed by atoms with Gasteiger partial charge in [-0.05, 0) is 39.9 Å². The van der Waals surface area contributed by atoms with Crippen LogP contribution in [-0.4, -0.2) is 31.1 Å². The zero-order valence-corrected chi connectivity index (χ0v) is 11.8. The molecule has 0 saturated carbocycles. The van der Waals surface area contributed by atoms with Gasteiger partial charge in [-0.25, -0.2) is 0 Å². The summed E-state index contributed by atoms with van der Waals surface area (Å²) in [4.78, 5) is 2.43. The van der Waals surface area contributed by atoms with Crippen LogP contribution < -0.4 is 5.32 Å². The van der Waals surface area contributed by atoms with E-state index in [2.05, 4.69) is 68.4 Å². The number of hydrogen-bond acceptors (Lipinski definition) is 2. The summed E-state index contributed by atoms with van der Waals surface area (Å²) >= 11 is 0. The molecule has 1 rings (SSSR count). The molecule has 0 radical (unpaired) electrons. The molecule has 2 nitrogen and oxygen atoms in total. The molecule has 1 atom stereocenters. The van der Waals surface area contributed by atoms with E-state index in [4.69, 9.17) is 0 Å². The van der Waals surface area contributed by atoms with Crippen LogP contribution in [0, 0.1) is 0 Å². The van der Waals surface area contributed by atoms with Crippen LogP contribution in [0.2, 0.25) is 0 Å². The van der Waals surface area contributed by atoms with Gasteiger partial charge in [-0.15, -0.1) is 0 Å². The third-order valence-corrected chi connectivity index (χ3v) is 3.91. The molecule has 0 bridgehead atoms. The highest BCUT2D eigenvalue weighted by Crippen LogP contribution is 2.21. The van der Waals surface area contributed by atoms with Gasteiger partial charge in [-0.1, -0.05) is 37.3 Å². The summed E-state index contributed by atoms with van der Waals surface area (Å²) in [5, 5.41) is 3.40. The minimum Gasteiger partial charge on any atom is -0.312 e. The van der Waals surface area contributed by atoms with Crippen LogP contribution in [0.5, 0.6) is 0 Å². The number of rotatable bonds is 6. The van der Waals surface area contributed by atoms with E-state index in [0.717, 1.165) is 13.0 Å². The number of likely N-dealkylation sites (N-methyl/N-ethyl adjacent to an activating group) is 2. The van der Waals surface area contributed by atoms with Crippen molar-refractivity contribution >= 4 is 0 Å². The monoisotopic (exact) mass is 234 g/mol. The Morgan fingerprint density at radius 3 is 2.29 bits per heavy atom. The predicted molar refractivity (Wildman–Crippen MR) is 75.2 cm³/mol. The normalized spacial score (nSPS) is 14.0. The van der Waals surface area contributed by atoms with Crippen molar-refractivity contribution in [2.75, 3.05) is 20.6 Å². The molecule has 0 aliphatic heterocycles. The number of hydrogen-bond donors (Lipinski definition) is 1. The van der Waals surface area contributed by atoms with Crippen LogP contribution in [0.1, 0.15) is 38.8 Å². The minimum atomic E-state index is 0.254. The summed E-state index contributed by atoms with van der Waals surface area (Å²) in [5.74, 6) is 0. The Bertz CT molecular complexity index is 319. The third kappa shape index (κ3) is 3.83. The second kappa shape index (κ2) is 6.18. The zero-order valence-electron chi connectivity index (χ0n) is 11.8. The fraction of sp³-hybridized carbons (Fsp3) is 0.600. The van der Waals surface area contributed by atoms with Gasteiger partial charge < -0.3 is 5.32 Å². The van der Waals surface area contributed by atoms with Crippen molar-refractivity contribution in [3.05, 3.63) is 35.9 Å². The van der Waals surface area contributed by atoms with Crippen LogP contribution in [0.25, 0.3) is 0 Å². The van der Waals surface area contributed by atoms with E-state index >= 15 is 0 Å². The summed E-state index contributed by atoms with van der Waals surface area (Å²) in [6, 6.07) is 11.0. The van der Waals surface area contributed by atoms with Gasteiger partial charge in [-0.2, -0.15) is 0 Å². The Balaban J connectivity index is 2.71. The molecule has 1 aromatic rings. The number of nitrogens with zero attached hydrogens (tertiary/aromatic N) is 1. The summed E-state index contributed by atoms with van der Waals surface area (Å²) in [6.07, 6.45) is 1.16. The van der Waals surface area contributed by atoms with Crippen molar-refractivity contribution in [1.29, 1.82) is 0 Å². The smallest absolute Gasteiger partial charge is 0.0446 e. The Labute approximate surface area is 106 Å². The van der Waals surface area contributed by atoms with Gasteiger partial charge >= 0.3 is 0 Å². The molecule has 0 spiro atoms. The van der Waals surface area contributed by atoms with Gasteiger partial charge in [0, 0.05) is 18.1 Å². The lowest BCUT2D eigenvalue weighted by Crippen LogP contribution is -2.44. The van der Waals surface area contributed by atoms with Crippen molar-refractivity contribution in [1.82, 2.24) is 10.2 Å². The third-order valence-electron chi connectivity index (χ3n) is 3.91. The Morgan fingerprint density at radius 2 is 1.82 bits per heavy atom. The van der Waals surface area contributed by atoms with Gasteiger partial charge in [-0.3, -0.25) is 4.90 Å².